The Morgan fingerprint density at radius 1 is 1.38 bits per heavy atom. The summed E-state index contributed by atoms with van der Waals surface area (Å²) in [5.41, 5.74) is 7.68. The molecule has 0 radical (unpaired) electrons. The minimum absolute atomic E-state index is 0.0143. The zero-order valence-corrected chi connectivity index (χ0v) is 7.72. The van der Waals surface area contributed by atoms with E-state index in [1.54, 1.807) is 6.07 Å². The Morgan fingerprint density at radius 3 is 2.69 bits per heavy atom. The van der Waals surface area contributed by atoms with Gasteiger partial charge in [0.05, 0.1) is 16.8 Å². The van der Waals surface area contributed by atoms with Gasteiger partial charge < -0.3 is 11.1 Å². The first-order chi connectivity index (χ1) is 6.03. The third kappa shape index (κ3) is 0.932. The molecule has 0 fully saturated rings. The highest BCUT2D eigenvalue weighted by Gasteiger charge is 2.38. The van der Waals surface area contributed by atoms with Gasteiger partial charge in [0, 0.05) is 0 Å². The van der Waals surface area contributed by atoms with Crippen molar-refractivity contribution < 1.29 is 4.79 Å². The second-order valence-electron chi connectivity index (χ2n) is 3.85. The van der Waals surface area contributed by atoms with Crippen LogP contribution in [0.25, 0.3) is 0 Å². The van der Waals surface area contributed by atoms with Crippen LogP contribution in [0.1, 0.15) is 19.4 Å². The molecule has 1 amide bonds. The first kappa shape index (κ1) is 8.10. The second-order valence-corrected chi connectivity index (χ2v) is 3.85. The van der Waals surface area contributed by atoms with Gasteiger partial charge in [-0.1, -0.05) is 12.1 Å². The van der Waals surface area contributed by atoms with Gasteiger partial charge in [0.25, 0.3) is 0 Å². The zero-order chi connectivity index (χ0) is 9.64. The number of rotatable bonds is 0. The molecule has 68 valence electrons. The molecule has 3 nitrogen and oxygen atoms in total. The van der Waals surface area contributed by atoms with Crippen molar-refractivity contribution >= 4 is 17.3 Å². The topological polar surface area (TPSA) is 55.1 Å². The molecule has 3 N–H and O–H groups in total. The van der Waals surface area contributed by atoms with E-state index in [1.165, 1.54) is 0 Å². The van der Waals surface area contributed by atoms with Crippen LogP contribution in [-0.2, 0) is 10.2 Å². The molecule has 1 aliphatic rings. The SMILES string of the molecule is CC1(C)C(=O)Nc2c(N)cccc21. The predicted molar refractivity (Wildman–Crippen MR) is 52.5 cm³/mol. The fraction of sp³-hybridized carbons (Fsp3) is 0.300. The highest BCUT2D eigenvalue weighted by molar-refractivity contribution is 6.08. The number of hydrogen-bond acceptors (Lipinski definition) is 2. The molecule has 3 heteroatoms. The molecular weight excluding hydrogens is 164 g/mol. The lowest BCUT2D eigenvalue weighted by Gasteiger charge is -2.14. The highest BCUT2D eigenvalue weighted by atomic mass is 16.2. The van der Waals surface area contributed by atoms with Crippen molar-refractivity contribution in [1.82, 2.24) is 0 Å². The van der Waals surface area contributed by atoms with E-state index in [9.17, 15) is 4.79 Å². The number of para-hydroxylation sites is 1. The Labute approximate surface area is 76.9 Å². The standard InChI is InChI=1S/C10H12N2O/c1-10(2)6-4-3-5-7(11)8(6)12-9(10)13/h3-5H,11H2,1-2H3,(H,12,13). The average Bonchev–Trinajstić information content (AvgIpc) is 2.28. The van der Waals surface area contributed by atoms with Gasteiger partial charge >= 0.3 is 0 Å². The van der Waals surface area contributed by atoms with E-state index in [0.29, 0.717) is 5.69 Å². The number of benzene rings is 1. The van der Waals surface area contributed by atoms with Crippen LogP contribution in [0, 0.1) is 0 Å². The van der Waals surface area contributed by atoms with Crippen LogP contribution in [0.15, 0.2) is 18.2 Å². The maximum Gasteiger partial charge on any atom is 0.234 e. The third-order valence-electron chi connectivity index (χ3n) is 2.58. The van der Waals surface area contributed by atoms with Gasteiger partial charge in [-0.25, -0.2) is 0 Å². The molecule has 0 atom stereocenters. The molecule has 0 bridgehead atoms. The van der Waals surface area contributed by atoms with Crippen LogP contribution in [0.2, 0.25) is 0 Å². The van der Waals surface area contributed by atoms with E-state index in [2.05, 4.69) is 5.32 Å². The molecule has 0 spiro atoms. The number of anilines is 2. The second kappa shape index (κ2) is 2.25. The predicted octanol–water partition coefficient (Wildman–Crippen LogP) is 1.50. The van der Waals surface area contributed by atoms with E-state index in [1.807, 2.05) is 26.0 Å². The molecule has 0 saturated carbocycles. The summed E-state index contributed by atoms with van der Waals surface area (Å²) < 4.78 is 0. The van der Waals surface area contributed by atoms with Crippen molar-refractivity contribution in [1.29, 1.82) is 0 Å². The Bertz CT molecular complexity index is 383. The lowest BCUT2D eigenvalue weighted by molar-refractivity contribution is -0.119. The largest absolute Gasteiger partial charge is 0.397 e. The molecule has 1 aliphatic heterocycles. The maximum atomic E-state index is 11.5. The summed E-state index contributed by atoms with van der Waals surface area (Å²) in [6.07, 6.45) is 0. The van der Waals surface area contributed by atoms with E-state index in [-0.39, 0.29) is 5.91 Å². The van der Waals surface area contributed by atoms with Gasteiger partial charge in [-0.3, -0.25) is 4.79 Å². The van der Waals surface area contributed by atoms with Crippen LogP contribution in [-0.4, -0.2) is 5.91 Å². The normalized spacial score (nSPS) is 18.2. The van der Waals surface area contributed by atoms with Gasteiger partial charge in [0.2, 0.25) is 5.91 Å². The summed E-state index contributed by atoms with van der Waals surface area (Å²) in [4.78, 5) is 11.5. The van der Waals surface area contributed by atoms with Crippen molar-refractivity contribution in [2.24, 2.45) is 0 Å². The Morgan fingerprint density at radius 2 is 2.08 bits per heavy atom. The molecule has 0 aliphatic carbocycles. The van der Waals surface area contributed by atoms with Crippen molar-refractivity contribution in [3.63, 3.8) is 0 Å². The molecular formula is C10H12N2O. The summed E-state index contributed by atoms with van der Waals surface area (Å²) in [5, 5.41) is 2.79. The number of nitrogen functional groups attached to an aromatic ring is 1. The number of hydrogen-bond donors (Lipinski definition) is 2. The third-order valence-corrected chi connectivity index (χ3v) is 2.58. The number of amides is 1. The molecule has 1 heterocycles. The summed E-state index contributed by atoms with van der Waals surface area (Å²) >= 11 is 0. The van der Waals surface area contributed by atoms with Crippen molar-refractivity contribution in [2.75, 3.05) is 11.1 Å². The van der Waals surface area contributed by atoms with E-state index < -0.39 is 5.41 Å². The number of fused-ring (bicyclic) bond motifs is 1. The zero-order valence-electron chi connectivity index (χ0n) is 7.72. The van der Waals surface area contributed by atoms with Gasteiger partial charge in [0.1, 0.15) is 0 Å². The maximum absolute atomic E-state index is 11.5. The van der Waals surface area contributed by atoms with Crippen LogP contribution in [0.3, 0.4) is 0 Å². The van der Waals surface area contributed by atoms with Crippen molar-refractivity contribution in [3.8, 4) is 0 Å². The summed E-state index contributed by atoms with van der Waals surface area (Å²) in [7, 11) is 0. The minimum atomic E-state index is -0.454. The van der Waals surface area contributed by atoms with Crippen LogP contribution in [0.5, 0.6) is 0 Å². The lowest BCUT2D eigenvalue weighted by atomic mass is 9.86. The van der Waals surface area contributed by atoms with Crippen LogP contribution in [0.4, 0.5) is 11.4 Å². The lowest BCUT2D eigenvalue weighted by Crippen LogP contribution is -2.26. The molecule has 0 saturated heterocycles. The molecule has 13 heavy (non-hydrogen) atoms. The summed E-state index contributed by atoms with van der Waals surface area (Å²) in [6, 6.07) is 5.60. The summed E-state index contributed by atoms with van der Waals surface area (Å²) in [5.74, 6) is 0.0143. The molecule has 1 aromatic rings. The number of carbonyl (C=O) groups excluding carboxylic acids is 1. The molecule has 2 rings (SSSR count). The van der Waals surface area contributed by atoms with Crippen molar-refractivity contribution in [2.45, 2.75) is 19.3 Å². The fourth-order valence-electron chi connectivity index (χ4n) is 1.62. The molecule has 0 aromatic heterocycles. The summed E-state index contributed by atoms with van der Waals surface area (Å²) in [6.45, 7) is 3.79. The highest BCUT2D eigenvalue weighted by Crippen LogP contribution is 2.40. The van der Waals surface area contributed by atoms with E-state index in [4.69, 9.17) is 5.73 Å². The quantitative estimate of drug-likeness (QED) is 0.588. The van der Waals surface area contributed by atoms with Gasteiger partial charge in [-0.05, 0) is 25.5 Å². The molecule has 0 unspecified atom stereocenters. The first-order valence-corrected chi connectivity index (χ1v) is 4.24. The van der Waals surface area contributed by atoms with Crippen molar-refractivity contribution in [3.05, 3.63) is 23.8 Å². The molecule has 1 aromatic carbocycles. The average molecular weight is 176 g/mol. The number of nitrogens with one attached hydrogen (secondary N) is 1. The Hall–Kier alpha value is -1.51. The van der Waals surface area contributed by atoms with E-state index in [0.717, 1.165) is 11.3 Å². The first-order valence-electron chi connectivity index (χ1n) is 4.24. The Kier molecular flexibility index (Phi) is 1.40. The van der Waals surface area contributed by atoms with Gasteiger partial charge in [-0.2, -0.15) is 0 Å². The minimum Gasteiger partial charge on any atom is -0.397 e. The van der Waals surface area contributed by atoms with Gasteiger partial charge in [0.15, 0.2) is 0 Å². The van der Waals surface area contributed by atoms with Crippen LogP contribution < -0.4 is 11.1 Å². The number of nitrogens with two attached hydrogens (primary N) is 1. The smallest absolute Gasteiger partial charge is 0.234 e. The van der Waals surface area contributed by atoms with Gasteiger partial charge in [-0.15, -0.1) is 0 Å². The Balaban J connectivity index is 2.68. The fourth-order valence-corrected chi connectivity index (χ4v) is 1.62. The number of carbonyl (C=O) groups is 1. The van der Waals surface area contributed by atoms with Crippen LogP contribution >= 0.6 is 0 Å². The van der Waals surface area contributed by atoms with E-state index >= 15 is 0 Å². The monoisotopic (exact) mass is 176 g/mol.